The number of fused-ring (bicyclic) bond motifs is 8. The number of hydrogen-bond acceptors (Lipinski definition) is 0. The molecule has 9 aromatic carbocycles. The minimum absolute atomic E-state index is 0.158. The third-order valence-corrected chi connectivity index (χ3v) is 11.8. The highest BCUT2D eigenvalue weighted by Gasteiger charge is 2.32. The molecule has 0 bridgehead atoms. The Morgan fingerprint density at radius 1 is 0.315 bits per heavy atom. The van der Waals surface area contributed by atoms with Gasteiger partial charge in [0, 0.05) is 5.92 Å². The highest BCUT2D eigenvalue weighted by Crippen LogP contribution is 2.52. The van der Waals surface area contributed by atoms with Gasteiger partial charge in [-0.1, -0.05) is 170 Å². The monoisotopic (exact) mass is 684 g/mol. The van der Waals surface area contributed by atoms with Crippen LogP contribution in [-0.4, -0.2) is 0 Å². The van der Waals surface area contributed by atoms with E-state index in [9.17, 15) is 0 Å². The van der Waals surface area contributed by atoms with E-state index in [0.29, 0.717) is 0 Å². The minimum Gasteiger partial charge on any atom is -0.0622 e. The van der Waals surface area contributed by atoms with Crippen molar-refractivity contribution in [3.05, 3.63) is 228 Å². The van der Waals surface area contributed by atoms with Crippen molar-refractivity contribution in [3.8, 4) is 66.8 Å². The van der Waals surface area contributed by atoms with E-state index in [2.05, 4.69) is 200 Å². The van der Waals surface area contributed by atoms with Crippen LogP contribution in [-0.2, 0) is 6.42 Å². The van der Waals surface area contributed by atoms with Crippen LogP contribution >= 0.6 is 0 Å². The van der Waals surface area contributed by atoms with Crippen LogP contribution in [0.2, 0.25) is 0 Å². The van der Waals surface area contributed by atoms with Gasteiger partial charge >= 0.3 is 0 Å². The van der Waals surface area contributed by atoms with E-state index in [4.69, 9.17) is 0 Å². The molecule has 2 aliphatic rings. The first kappa shape index (κ1) is 30.8. The molecule has 54 heavy (non-hydrogen) atoms. The summed E-state index contributed by atoms with van der Waals surface area (Å²) in [5.41, 5.74) is 22.3. The molecule has 0 heterocycles. The molecule has 0 aromatic heterocycles. The maximum atomic E-state index is 2.46. The van der Waals surface area contributed by atoms with Gasteiger partial charge in [0.25, 0.3) is 0 Å². The van der Waals surface area contributed by atoms with Crippen LogP contribution in [0.25, 0.3) is 77.5 Å². The van der Waals surface area contributed by atoms with Gasteiger partial charge in [-0.25, -0.2) is 0 Å². The highest BCUT2D eigenvalue weighted by atomic mass is 14.3. The van der Waals surface area contributed by atoms with Crippen LogP contribution in [0, 0.1) is 0 Å². The molecule has 0 fully saturated rings. The van der Waals surface area contributed by atoms with E-state index < -0.39 is 0 Å². The lowest BCUT2D eigenvalue weighted by molar-refractivity contribution is 1.02. The Bertz CT molecular complexity index is 2820. The van der Waals surface area contributed by atoms with Crippen LogP contribution < -0.4 is 0 Å². The zero-order valence-corrected chi connectivity index (χ0v) is 29.8. The second-order valence-corrected chi connectivity index (χ2v) is 14.8. The molecule has 0 saturated carbocycles. The van der Waals surface area contributed by atoms with Crippen LogP contribution in [0.3, 0.4) is 0 Å². The van der Waals surface area contributed by atoms with Crippen LogP contribution in [0.5, 0.6) is 0 Å². The van der Waals surface area contributed by atoms with Crippen LogP contribution in [0.4, 0.5) is 0 Å². The van der Waals surface area contributed by atoms with E-state index >= 15 is 0 Å². The Morgan fingerprint density at radius 3 is 1.57 bits per heavy atom. The Hall–Kier alpha value is -6.76. The van der Waals surface area contributed by atoms with Crippen molar-refractivity contribution in [1.29, 1.82) is 0 Å². The number of benzene rings is 9. The molecular formula is C54H36. The molecule has 2 aliphatic carbocycles. The SMILES string of the molecule is c1ccc(-c2cc(-c3ccccc3)cc(-c3ccc(C4c5ccc(-c6ccc7c(c6)-c6ccccc6C7)cc5-c5c4ccc4ccccc54)cc3)c2)cc1. The first-order valence-corrected chi connectivity index (χ1v) is 19.0. The highest BCUT2D eigenvalue weighted by molar-refractivity contribution is 6.03. The van der Waals surface area contributed by atoms with Gasteiger partial charge in [0.2, 0.25) is 0 Å². The molecule has 0 radical (unpaired) electrons. The molecule has 0 saturated heterocycles. The normalized spacial score (nSPS) is 13.7. The van der Waals surface area contributed by atoms with Crippen molar-refractivity contribution in [3.63, 3.8) is 0 Å². The van der Waals surface area contributed by atoms with E-state index in [1.807, 2.05) is 0 Å². The van der Waals surface area contributed by atoms with Crippen LogP contribution in [0.1, 0.15) is 33.7 Å². The molecule has 0 N–H and O–H groups in total. The molecule has 0 heteroatoms. The van der Waals surface area contributed by atoms with Gasteiger partial charge in [-0.2, -0.15) is 0 Å². The van der Waals surface area contributed by atoms with Crippen molar-refractivity contribution in [2.75, 3.05) is 0 Å². The second-order valence-electron chi connectivity index (χ2n) is 14.8. The zero-order valence-electron chi connectivity index (χ0n) is 29.8. The number of hydrogen-bond donors (Lipinski definition) is 0. The molecular weight excluding hydrogens is 649 g/mol. The summed E-state index contributed by atoms with van der Waals surface area (Å²) in [5, 5.41) is 2.60. The van der Waals surface area contributed by atoms with Gasteiger partial charge < -0.3 is 0 Å². The molecule has 0 nitrogen and oxygen atoms in total. The van der Waals surface area contributed by atoms with Crippen molar-refractivity contribution in [2.24, 2.45) is 0 Å². The Balaban J connectivity index is 1.02. The van der Waals surface area contributed by atoms with E-state index in [1.165, 1.54) is 105 Å². The first-order chi connectivity index (χ1) is 26.7. The predicted octanol–water partition coefficient (Wildman–Crippen LogP) is 14.2. The van der Waals surface area contributed by atoms with Gasteiger partial charge in [-0.3, -0.25) is 0 Å². The average Bonchev–Trinajstić information content (AvgIpc) is 3.79. The van der Waals surface area contributed by atoms with Crippen LogP contribution in [0.15, 0.2) is 200 Å². The fourth-order valence-electron chi connectivity index (χ4n) is 9.12. The Kier molecular flexibility index (Phi) is 7.10. The zero-order chi connectivity index (χ0) is 35.6. The summed E-state index contributed by atoms with van der Waals surface area (Å²) < 4.78 is 0. The third-order valence-electron chi connectivity index (χ3n) is 11.8. The summed E-state index contributed by atoms with van der Waals surface area (Å²) in [6, 6.07) is 74.4. The Morgan fingerprint density at radius 2 is 0.852 bits per heavy atom. The summed E-state index contributed by atoms with van der Waals surface area (Å²) in [6.45, 7) is 0. The fourth-order valence-corrected chi connectivity index (χ4v) is 9.12. The van der Waals surface area contributed by atoms with Crippen molar-refractivity contribution in [2.45, 2.75) is 12.3 Å². The Labute approximate surface area is 316 Å². The van der Waals surface area contributed by atoms with E-state index in [0.717, 1.165) is 6.42 Å². The van der Waals surface area contributed by atoms with Crippen molar-refractivity contribution < 1.29 is 0 Å². The quantitative estimate of drug-likeness (QED) is 0.169. The summed E-state index contributed by atoms with van der Waals surface area (Å²) >= 11 is 0. The summed E-state index contributed by atoms with van der Waals surface area (Å²) in [7, 11) is 0. The summed E-state index contributed by atoms with van der Waals surface area (Å²) in [4.78, 5) is 0. The van der Waals surface area contributed by atoms with Gasteiger partial charge in [0.1, 0.15) is 0 Å². The van der Waals surface area contributed by atoms with Gasteiger partial charge in [0.15, 0.2) is 0 Å². The molecule has 1 atom stereocenters. The molecule has 0 spiro atoms. The van der Waals surface area contributed by atoms with Gasteiger partial charge in [0.05, 0.1) is 0 Å². The summed E-state index contributed by atoms with van der Waals surface area (Å²) in [6.07, 6.45) is 1.02. The molecule has 11 rings (SSSR count). The lowest BCUT2D eigenvalue weighted by Gasteiger charge is -2.16. The maximum Gasteiger partial charge on any atom is 0.0352 e. The minimum atomic E-state index is 0.158. The van der Waals surface area contributed by atoms with Crippen molar-refractivity contribution >= 4 is 10.8 Å². The molecule has 0 aliphatic heterocycles. The first-order valence-electron chi connectivity index (χ1n) is 19.0. The van der Waals surface area contributed by atoms with Crippen molar-refractivity contribution in [1.82, 2.24) is 0 Å². The lowest BCUT2D eigenvalue weighted by Crippen LogP contribution is -1.99. The fraction of sp³-hybridized carbons (Fsp3) is 0.0370. The number of rotatable bonds is 5. The molecule has 0 amide bonds. The third kappa shape index (κ3) is 5.06. The smallest absolute Gasteiger partial charge is 0.0352 e. The second kappa shape index (κ2) is 12.4. The van der Waals surface area contributed by atoms with Gasteiger partial charge in [-0.05, 0) is 142 Å². The largest absolute Gasteiger partial charge is 0.0622 e. The van der Waals surface area contributed by atoms with E-state index in [1.54, 1.807) is 0 Å². The summed E-state index contributed by atoms with van der Waals surface area (Å²) in [5.74, 6) is 0.158. The maximum absolute atomic E-state index is 2.46. The average molecular weight is 685 g/mol. The van der Waals surface area contributed by atoms with E-state index in [-0.39, 0.29) is 5.92 Å². The lowest BCUT2D eigenvalue weighted by atomic mass is 9.87. The topological polar surface area (TPSA) is 0 Å². The predicted molar refractivity (Wildman–Crippen MR) is 227 cm³/mol. The molecule has 9 aromatic rings. The molecule has 252 valence electrons. The molecule has 1 unspecified atom stereocenters. The standard InChI is InChI=1S/C54H36/c1-3-11-35(12-4-1)44-30-45(36-13-5-2-6-14-36)32-46(31-44)37-19-21-39(22-20-37)53-49-27-26-41(34-52(49)54-48-18-10-7-15-38(48)25-28-50(53)54)40-23-24-43-29-42-16-8-9-17-47(42)51(43)33-40/h1-28,30-34,53H,29H2. The van der Waals surface area contributed by atoms with Gasteiger partial charge in [-0.15, -0.1) is 0 Å².